The molecule has 0 N–H and O–H groups in total. The maximum Gasteiger partial charge on any atom is 0.219 e. The van der Waals surface area contributed by atoms with Crippen molar-refractivity contribution >= 4 is 52.4 Å². The Labute approximate surface area is 56.4 Å². The van der Waals surface area contributed by atoms with Gasteiger partial charge >= 0.3 is 0 Å². The van der Waals surface area contributed by atoms with E-state index in [9.17, 15) is 0 Å². The molecule has 0 saturated carbocycles. The number of hydrogen-bond acceptors (Lipinski definition) is 1. The highest BCUT2D eigenvalue weighted by molar-refractivity contribution is 7.79. The lowest BCUT2D eigenvalue weighted by Crippen LogP contribution is -1.98. The molecule has 0 nitrogen and oxygen atoms in total. The lowest BCUT2D eigenvalue weighted by molar-refractivity contribution is 1.70. The summed E-state index contributed by atoms with van der Waals surface area (Å²) in [6.45, 7) is 0. The molecule has 0 aliphatic rings. The third kappa shape index (κ3) is 4.96. The van der Waals surface area contributed by atoms with Crippen LogP contribution in [-0.4, -0.2) is 9.16 Å². The molecule has 0 amide bonds. The molecule has 0 aliphatic carbocycles. The van der Waals surface area contributed by atoms with Crippen molar-refractivity contribution in [1.82, 2.24) is 0 Å². The maximum absolute atomic E-state index is 5.09. The van der Waals surface area contributed by atoms with Gasteiger partial charge in [-0.3, -0.25) is 0 Å². The van der Waals surface area contributed by atoms with Gasteiger partial charge in [-0.1, -0.05) is 47.0 Å². The molecule has 0 saturated heterocycles. The van der Waals surface area contributed by atoms with Crippen LogP contribution in [0.2, 0.25) is 0 Å². The summed E-state index contributed by atoms with van der Waals surface area (Å²) in [6, 6.07) is 0. The molecule has 0 rings (SSSR count). The highest BCUT2D eigenvalue weighted by Gasteiger charge is 2.12. The zero-order chi connectivity index (χ0) is 5.21. The Morgan fingerprint density at radius 3 is 1.50 bits per heavy atom. The Bertz CT molecular complexity index is 54.3. The zero-order valence-electron chi connectivity index (χ0n) is 2.62. The molecule has 0 aromatic rings. The molecular weight excluding hydrogens is 162 g/mol. The number of thiocarbonyl (C=S) groups is 1. The molecule has 0 radical (unpaired) electrons. The predicted octanol–water partition coefficient (Wildman–Crippen LogP) is 2.36. The summed E-state index contributed by atoms with van der Waals surface area (Å²) in [5.74, 6) is 0. The van der Waals surface area contributed by atoms with Crippen LogP contribution in [0, 0.1) is 0 Å². The second-order valence-electron chi connectivity index (χ2n) is 0.659. The largest absolute Gasteiger partial charge is 0.219 e. The van der Waals surface area contributed by atoms with Crippen LogP contribution in [0.1, 0.15) is 0 Å². The summed E-state index contributed by atoms with van der Waals surface area (Å²) in [4.78, 5) is 0. The molecule has 0 aliphatic heterocycles. The highest BCUT2D eigenvalue weighted by Crippen LogP contribution is 2.22. The Morgan fingerprint density at radius 2 is 1.50 bits per heavy atom. The van der Waals surface area contributed by atoms with Crippen LogP contribution in [0.15, 0.2) is 0 Å². The fourth-order valence-electron chi connectivity index (χ4n) is 0. The first-order chi connectivity index (χ1) is 2.56. The Balaban J connectivity index is 3.45. The Hall–Kier alpha value is 0.960. The van der Waals surface area contributed by atoms with Gasteiger partial charge in [0.2, 0.25) is 3.79 Å². The lowest BCUT2D eigenvalue weighted by Gasteiger charge is -1.96. The average molecular weight is 163 g/mol. The summed E-state index contributed by atoms with van der Waals surface area (Å²) in [7, 11) is 0. The zero-order valence-corrected chi connectivity index (χ0v) is 5.70. The number of alkyl halides is 3. The third-order valence-corrected chi connectivity index (χ3v) is 1.20. The van der Waals surface area contributed by atoms with Gasteiger partial charge in [-0.2, -0.15) is 0 Å². The van der Waals surface area contributed by atoms with E-state index in [1.54, 1.807) is 0 Å². The van der Waals surface area contributed by atoms with Gasteiger partial charge in [0.15, 0.2) is 0 Å². The molecule has 0 aromatic carbocycles. The van der Waals surface area contributed by atoms with E-state index in [0.717, 1.165) is 5.37 Å². The van der Waals surface area contributed by atoms with Gasteiger partial charge in [-0.25, -0.2) is 0 Å². The van der Waals surface area contributed by atoms with Gasteiger partial charge in [-0.15, -0.1) is 0 Å². The van der Waals surface area contributed by atoms with Gasteiger partial charge < -0.3 is 0 Å². The van der Waals surface area contributed by atoms with Crippen LogP contribution in [0.3, 0.4) is 0 Å². The smallest absolute Gasteiger partial charge is 0.0889 e. The summed E-state index contributed by atoms with van der Waals surface area (Å²) in [5, 5.41) is 1.07. The van der Waals surface area contributed by atoms with E-state index >= 15 is 0 Å². The van der Waals surface area contributed by atoms with Crippen LogP contribution < -0.4 is 0 Å². The minimum absolute atomic E-state index is 1.07. The molecular formula is C2HCl3S. The van der Waals surface area contributed by atoms with E-state index in [4.69, 9.17) is 34.8 Å². The van der Waals surface area contributed by atoms with Crippen molar-refractivity contribution in [2.24, 2.45) is 0 Å². The van der Waals surface area contributed by atoms with E-state index in [0.29, 0.717) is 0 Å². The topological polar surface area (TPSA) is 0 Å². The number of hydrogen-bond donors (Lipinski definition) is 0. The van der Waals surface area contributed by atoms with Crippen molar-refractivity contribution in [3.63, 3.8) is 0 Å². The SMILES string of the molecule is S=CC(Cl)(Cl)Cl. The minimum atomic E-state index is -1.35. The molecule has 0 fully saturated rings. The molecule has 0 spiro atoms. The van der Waals surface area contributed by atoms with Gasteiger partial charge in [-0.05, 0) is 0 Å². The van der Waals surface area contributed by atoms with Crippen molar-refractivity contribution in [2.75, 3.05) is 0 Å². The van der Waals surface area contributed by atoms with Crippen LogP contribution in [0.4, 0.5) is 0 Å². The molecule has 36 valence electrons. The van der Waals surface area contributed by atoms with E-state index in [1.807, 2.05) is 0 Å². The maximum atomic E-state index is 5.09. The number of rotatable bonds is 0. The van der Waals surface area contributed by atoms with E-state index in [-0.39, 0.29) is 0 Å². The van der Waals surface area contributed by atoms with Crippen LogP contribution in [-0.2, 0) is 0 Å². The van der Waals surface area contributed by atoms with Crippen molar-refractivity contribution in [3.8, 4) is 0 Å². The quantitative estimate of drug-likeness (QED) is 0.390. The molecule has 0 unspecified atom stereocenters. The highest BCUT2D eigenvalue weighted by atomic mass is 35.6. The summed E-state index contributed by atoms with van der Waals surface area (Å²) >= 11 is 19.5. The fraction of sp³-hybridized carbons (Fsp3) is 0.500. The van der Waals surface area contributed by atoms with E-state index < -0.39 is 3.79 Å². The summed E-state index contributed by atoms with van der Waals surface area (Å²) < 4.78 is -1.35. The van der Waals surface area contributed by atoms with E-state index in [2.05, 4.69) is 12.2 Å². The molecule has 4 heteroatoms. The second kappa shape index (κ2) is 2.31. The van der Waals surface area contributed by atoms with Gasteiger partial charge in [0.25, 0.3) is 0 Å². The van der Waals surface area contributed by atoms with Crippen molar-refractivity contribution in [1.29, 1.82) is 0 Å². The number of halogens is 3. The fourth-order valence-corrected chi connectivity index (χ4v) is 0. The summed E-state index contributed by atoms with van der Waals surface area (Å²) in [6.07, 6.45) is 0. The normalized spacial score (nSPS) is 11.2. The van der Waals surface area contributed by atoms with Crippen molar-refractivity contribution in [2.45, 2.75) is 3.79 Å². The minimum Gasteiger partial charge on any atom is -0.0889 e. The van der Waals surface area contributed by atoms with Gasteiger partial charge in [0, 0.05) is 5.37 Å². The third-order valence-electron chi connectivity index (χ3n) is 0.134. The first kappa shape index (κ1) is 6.96. The van der Waals surface area contributed by atoms with E-state index in [1.165, 1.54) is 0 Å². The molecule has 6 heavy (non-hydrogen) atoms. The van der Waals surface area contributed by atoms with Crippen molar-refractivity contribution in [3.05, 3.63) is 0 Å². The molecule has 0 heterocycles. The second-order valence-corrected chi connectivity index (χ2v) is 3.26. The summed E-state index contributed by atoms with van der Waals surface area (Å²) in [5.41, 5.74) is 0. The first-order valence-electron chi connectivity index (χ1n) is 1.09. The molecule has 0 aromatic heterocycles. The lowest BCUT2D eigenvalue weighted by atomic mass is 10.9. The van der Waals surface area contributed by atoms with Crippen LogP contribution >= 0.6 is 47.0 Å². The first-order valence-corrected chi connectivity index (χ1v) is 2.70. The molecule has 0 bridgehead atoms. The van der Waals surface area contributed by atoms with Gasteiger partial charge in [0.1, 0.15) is 0 Å². The predicted molar refractivity (Wildman–Crippen MR) is 33.9 cm³/mol. The monoisotopic (exact) mass is 162 g/mol. The standard InChI is InChI=1S/C2HCl3S/c3-2(4,5)1-6/h1H. The van der Waals surface area contributed by atoms with Crippen molar-refractivity contribution < 1.29 is 0 Å². The molecule has 0 atom stereocenters. The average Bonchev–Trinajstić information content (AvgIpc) is 1.35. The van der Waals surface area contributed by atoms with Crippen LogP contribution in [0.5, 0.6) is 0 Å². The van der Waals surface area contributed by atoms with Crippen LogP contribution in [0.25, 0.3) is 0 Å². The van der Waals surface area contributed by atoms with Gasteiger partial charge in [0.05, 0.1) is 0 Å². The Kier molecular flexibility index (Phi) is 2.68. The Morgan fingerprint density at radius 1 is 1.33 bits per heavy atom.